The Hall–Kier alpha value is -1.99. The summed E-state index contributed by atoms with van der Waals surface area (Å²) in [5.41, 5.74) is 1.13. The molecule has 1 aromatic heterocycles. The van der Waals surface area contributed by atoms with Crippen molar-refractivity contribution in [1.82, 2.24) is 25.0 Å². The highest BCUT2D eigenvalue weighted by Gasteiger charge is 2.42. The lowest BCUT2D eigenvalue weighted by Crippen LogP contribution is -2.45. The molecule has 3 heterocycles. The highest BCUT2D eigenvalue weighted by atomic mass is 35.5. The number of rotatable bonds is 8. The molecule has 1 aromatic carbocycles. The molecule has 5 rings (SSSR count). The Morgan fingerprint density at radius 1 is 1.08 bits per heavy atom. The number of carbonyl (C=O) groups excluding carboxylic acids is 1. The van der Waals surface area contributed by atoms with Crippen LogP contribution in [0.4, 0.5) is 4.39 Å². The maximum absolute atomic E-state index is 14.1. The SMILES string of the molecule is Cc1nnc(C(C)C)n1C1CC2CCC(C1)N2CC[C@H](NC(=O)C1CCC(F)(Cl)CC1)c1ccccc1. The molecular formula is C29H41ClFN5O. The topological polar surface area (TPSA) is 63.1 Å². The lowest BCUT2D eigenvalue weighted by Gasteiger charge is -2.40. The van der Waals surface area contributed by atoms with E-state index in [9.17, 15) is 9.18 Å². The Morgan fingerprint density at radius 3 is 2.35 bits per heavy atom. The van der Waals surface area contributed by atoms with E-state index in [1.165, 1.54) is 12.8 Å². The molecule has 2 bridgehead atoms. The monoisotopic (exact) mass is 529 g/mol. The summed E-state index contributed by atoms with van der Waals surface area (Å²) in [6.45, 7) is 7.42. The molecule has 0 spiro atoms. The summed E-state index contributed by atoms with van der Waals surface area (Å²) in [5.74, 6) is 2.36. The molecule has 3 aliphatic rings. The molecule has 6 nitrogen and oxygen atoms in total. The Balaban J connectivity index is 1.24. The van der Waals surface area contributed by atoms with Gasteiger partial charge in [0.1, 0.15) is 11.6 Å². The molecule has 2 saturated heterocycles. The van der Waals surface area contributed by atoms with Gasteiger partial charge in [0.2, 0.25) is 5.91 Å². The third kappa shape index (κ3) is 5.88. The van der Waals surface area contributed by atoms with Gasteiger partial charge in [-0.25, -0.2) is 4.39 Å². The van der Waals surface area contributed by atoms with Gasteiger partial charge >= 0.3 is 0 Å². The second-order valence-corrected chi connectivity index (χ2v) is 12.4. The molecule has 8 heteroatoms. The lowest BCUT2D eigenvalue weighted by atomic mass is 9.86. The van der Waals surface area contributed by atoms with Crippen LogP contribution in [0.1, 0.15) is 107 Å². The summed E-state index contributed by atoms with van der Waals surface area (Å²) >= 11 is 5.88. The van der Waals surface area contributed by atoms with E-state index in [1.54, 1.807) is 0 Å². The van der Waals surface area contributed by atoms with Crippen molar-refractivity contribution < 1.29 is 9.18 Å². The number of fused-ring (bicyclic) bond motifs is 2. The zero-order valence-corrected chi connectivity index (χ0v) is 23.1. The van der Waals surface area contributed by atoms with Gasteiger partial charge in [-0.3, -0.25) is 9.69 Å². The number of alkyl halides is 2. The largest absolute Gasteiger partial charge is 0.349 e. The predicted octanol–water partition coefficient (Wildman–Crippen LogP) is 6.22. The van der Waals surface area contributed by atoms with Gasteiger partial charge in [0, 0.05) is 36.5 Å². The number of amides is 1. The zero-order valence-electron chi connectivity index (χ0n) is 22.4. The van der Waals surface area contributed by atoms with Gasteiger partial charge in [-0.2, -0.15) is 0 Å². The fourth-order valence-electron chi connectivity index (χ4n) is 6.93. The fourth-order valence-corrected chi connectivity index (χ4v) is 7.15. The van der Waals surface area contributed by atoms with Crippen LogP contribution in [0.15, 0.2) is 30.3 Å². The number of carbonyl (C=O) groups is 1. The van der Waals surface area contributed by atoms with E-state index in [4.69, 9.17) is 11.6 Å². The molecule has 37 heavy (non-hydrogen) atoms. The van der Waals surface area contributed by atoms with Crippen LogP contribution < -0.4 is 5.32 Å². The Morgan fingerprint density at radius 2 is 1.73 bits per heavy atom. The maximum Gasteiger partial charge on any atom is 0.223 e. The minimum atomic E-state index is -1.65. The Labute approximate surface area is 225 Å². The quantitative estimate of drug-likeness (QED) is 0.412. The molecular weight excluding hydrogens is 489 g/mol. The number of hydrogen-bond acceptors (Lipinski definition) is 4. The second-order valence-electron chi connectivity index (χ2n) is 11.8. The van der Waals surface area contributed by atoms with Gasteiger partial charge in [-0.1, -0.05) is 55.8 Å². The highest BCUT2D eigenvalue weighted by Crippen LogP contribution is 2.43. The van der Waals surface area contributed by atoms with Crippen molar-refractivity contribution in [3.05, 3.63) is 47.5 Å². The van der Waals surface area contributed by atoms with Gasteiger partial charge in [0.15, 0.2) is 5.13 Å². The first-order valence-corrected chi connectivity index (χ1v) is 14.5. The zero-order chi connectivity index (χ0) is 26.2. The van der Waals surface area contributed by atoms with Crippen LogP contribution in [0, 0.1) is 12.8 Å². The molecule has 1 saturated carbocycles. The second kappa shape index (κ2) is 11.0. The summed E-state index contributed by atoms with van der Waals surface area (Å²) in [4.78, 5) is 15.9. The van der Waals surface area contributed by atoms with Crippen LogP contribution >= 0.6 is 11.6 Å². The van der Waals surface area contributed by atoms with Crippen LogP contribution in [0.3, 0.4) is 0 Å². The van der Waals surface area contributed by atoms with Crippen LogP contribution in [0.2, 0.25) is 0 Å². The van der Waals surface area contributed by atoms with Crippen molar-refractivity contribution in [2.24, 2.45) is 5.92 Å². The van der Waals surface area contributed by atoms with Crippen molar-refractivity contribution in [1.29, 1.82) is 0 Å². The van der Waals surface area contributed by atoms with Crippen molar-refractivity contribution in [3.63, 3.8) is 0 Å². The van der Waals surface area contributed by atoms with E-state index in [-0.39, 0.29) is 30.7 Å². The van der Waals surface area contributed by atoms with Crippen molar-refractivity contribution in [2.75, 3.05) is 6.54 Å². The summed E-state index contributed by atoms with van der Waals surface area (Å²) in [6, 6.07) is 11.8. The third-order valence-corrected chi connectivity index (χ3v) is 9.29. The van der Waals surface area contributed by atoms with Gasteiger partial charge < -0.3 is 9.88 Å². The fraction of sp³-hybridized carbons (Fsp3) is 0.690. The Kier molecular flexibility index (Phi) is 7.92. The highest BCUT2D eigenvalue weighted by molar-refractivity contribution is 6.22. The van der Waals surface area contributed by atoms with Crippen LogP contribution in [0.25, 0.3) is 0 Å². The summed E-state index contributed by atoms with van der Waals surface area (Å²) in [7, 11) is 0. The molecule has 1 N–H and O–H groups in total. The predicted molar refractivity (Wildman–Crippen MR) is 144 cm³/mol. The van der Waals surface area contributed by atoms with Crippen molar-refractivity contribution >= 4 is 17.5 Å². The van der Waals surface area contributed by atoms with Gasteiger partial charge in [-0.15, -0.1) is 10.2 Å². The smallest absolute Gasteiger partial charge is 0.223 e. The minimum absolute atomic E-state index is 0.0343. The molecule has 202 valence electrons. The van der Waals surface area contributed by atoms with E-state index in [1.807, 2.05) is 18.2 Å². The first-order chi connectivity index (χ1) is 17.7. The number of aryl methyl sites for hydroxylation is 1. The average molecular weight is 530 g/mol. The lowest BCUT2D eigenvalue weighted by molar-refractivity contribution is -0.127. The van der Waals surface area contributed by atoms with E-state index in [2.05, 4.69) is 57.9 Å². The van der Waals surface area contributed by atoms with Crippen LogP contribution in [0.5, 0.6) is 0 Å². The van der Waals surface area contributed by atoms with Gasteiger partial charge in [-0.05, 0) is 70.3 Å². The number of nitrogens with zero attached hydrogens (tertiary/aromatic N) is 4. The molecule has 0 radical (unpaired) electrons. The van der Waals surface area contributed by atoms with Crippen LogP contribution in [-0.2, 0) is 4.79 Å². The summed E-state index contributed by atoms with van der Waals surface area (Å²) in [5, 5.41) is 10.6. The molecule has 2 unspecified atom stereocenters. The number of piperidine rings is 1. The first-order valence-electron chi connectivity index (χ1n) is 14.1. The normalized spacial score (nSPS) is 31.0. The number of halogens is 2. The van der Waals surface area contributed by atoms with Crippen molar-refractivity contribution in [3.8, 4) is 0 Å². The van der Waals surface area contributed by atoms with Crippen LogP contribution in [-0.4, -0.2) is 49.3 Å². The molecule has 2 aromatic rings. The molecule has 1 aliphatic carbocycles. The number of hydrogen-bond donors (Lipinski definition) is 1. The maximum atomic E-state index is 14.1. The summed E-state index contributed by atoms with van der Waals surface area (Å²) < 4.78 is 16.5. The van der Waals surface area contributed by atoms with E-state index in [0.717, 1.165) is 43.0 Å². The van der Waals surface area contributed by atoms with Crippen molar-refractivity contribution in [2.45, 2.75) is 114 Å². The molecule has 1 amide bonds. The van der Waals surface area contributed by atoms with Gasteiger partial charge in [0.25, 0.3) is 0 Å². The first kappa shape index (κ1) is 26.6. The molecule has 3 atom stereocenters. The minimum Gasteiger partial charge on any atom is -0.349 e. The number of nitrogens with one attached hydrogen (secondary N) is 1. The summed E-state index contributed by atoms with van der Waals surface area (Å²) in [6.07, 6.45) is 7.08. The Bertz CT molecular complexity index is 1050. The molecule has 2 aliphatic heterocycles. The third-order valence-electron chi connectivity index (χ3n) is 8.92. The average Bonchev–Trinajstić information content (AvgIpc) is 3.37. The van der Waals surface area contributed by atoms with E-state index in [0.29, 0.717) is 36.9 Å². The molecule has 3 fully saturated rings. The number of benzene rings is 1. The standard InChI is InChI=1S/C29H41ClFN5O/c1-19(2)27-34-33-20(3)36(27)25-17-23-9-10-24(18-25)35(23)16-13-26(21-7-5-4-6-8-21)32-28(37)22-11-14-29(30,31)15-12-22/h4-8,19,22-26H,9-18H2,1-3H3,(H,32,37)/t22?,23?,24?,25?,26-,29?/m0/s1. The van der Waals surface area contributed by atoms with E-state index >= 15 is 0 Å². The van der Waals surface area contributed by atoms with E-state index < -0.39 is 5.13 Å². The van der Waals surface area contributed by atoms with Gasteiger partial charge in [0.05, 0.1) is 6.04 Å². The number of aromatic nitrogens is 3.